The van der Waals surface area contributed by atoms with Gasteiger partial charge in [0.05, 0.1) is 24.3 Å². The number of carbonyl (C=O) groups is 1. The minimum atomic E-state index is 0.0119. The first-order chi connectivity index (χ1) is 11.3. The molecule has 132 valence electrons. The van der Waals surface area contributed by atoms with E-state index in [2.05, 4.69) is 35.9 Å². The van der Waals surface area contributed by atoms with Gasteiger partial charge in [0.15, 0.2) is 5.82 Å². The lowest BCUT2D eigenvalue weighted by molar-refractivity contribution is -0.134. The van der Waals surface area contributed by atoms with Crippen molar-refractivity contribution < 1.29 is 9.53 Å². The molecule has 1 aromatic heterocycles. The molecule has 0 aromatic carbocycles. The summed E-state index contributed by atoms with van der Waals surface area (Å²) in [4.78, 5) is 16.4. The highest BCUT2D eigenvalue weighted by molar-refractivity contribution is 5.77. The third-order valence-corrected chi connectivity index (χ3v) is 4.97. The number of rotatable bonds is 4. The second-order valence-electron chi connectivity index (χ2n) is 7.93. The molecule has 3 heterocycles. The number of carbonyl (C=O) groups excluding carboxylic acids is 1. The molecule has 0 bridgehead atoms. The summed E-state index contributed by atoms with van der Waals surface area (Å²) in [6.07, 6.45) is 2.70. The smallest absolute Gasteiger partial charge is 0.225 e. The molecular formula is C18H28N4O2. The fourth-order valence-corrected chi connectivity index (χ4v) is 3.13. The Hall–Kier alpha value is -1.69. The molecule has 1 atom stereocenters. The minimum Gasteiger partial charge on any atom is -0.378 e. The summed E-state index contributed by atoms with van der Waals surface area (Å²) >= 11 is 0. The van der Waals surface area contributed by atoms with Gasteiger partial charge in [-0.1, -0.05) is 20.8 Å². The fraction of sp³-hybridized carbons (Fsp3) is 0.722. The summed E-state index contributed by atoms with van der Waals surface area (Å²) in [5, 5.41) is 8.68. The van der Waals surface area contributed by atoms with Crippen molar-refractivity contribution in [1.82, 2.24) is 15.1 Å². The average molecular weight is 332 g/mol. The zero-order valence-corrected chi connectivity index (χ0v) is 15.2. The van der Waals surface area contributed by atoms with Crippen molar-refractivity contribution in [1.29, 1.82) is 0 Å². The zero-order valence-electron chi connectivity index (χ0n) is 15.2. The van der Waals surface area contributed by atoms with Crippen molar-refractivity contribution in [2.75, 3.05) is 31.6 Å². The van der Waals surface area contributed by atoms with Gasteiger partial charge in [0, 0.05) is 32.2 Å². The van der Waals surface area contributed by atoms with E-state index in [1.807, 2.05) is 24.1 Å². The first-order valence-corrected chi connectivity index (χ1v) is 8.81. The van der Waals surface area contributed by atoms with Crippen molar-refractivity contribution in [2.45, 2.75) is 57.6 Å². The molecule has 2 fully saturated rings. The number of amides is 1. The van der Waals surface area contributed by atoms with Gasteiger partial charge in [0.1, 0.15) is 0 Å². The Morgan fingerprint density at radius 2 is 2.08 bits per heavy atom. The number of hydrogen-bond acceptors (Lipinski definition) is 5. The maximum absolute atomic E-state index is 12.3. The predicted molar refractivity (Wildman–Crippen MR) is 93.1 cm³/mol. The monoisotopic (exact) mass is 332 g/mol. The van der Waals surface area contributed by atoms with Crippen molar-refractivity contribution in [3.8, 4) is 0 Å². The van der Waals surface area contributed by atoms with E-state index in [4.69, 9.17) is 4.74 Å². The Bertz CT molecular complexity index is 570. The molecule has 2 aliphatic heterocycles. The third kappa shape index (κ3) is 3.69. The van der Waals surface area contributed by atoms with Crippen LogP contribution in [0.1, 0.15) is 45.7 Å². The van der Waals surface area contributed by atoms with Gasteiger partial charge in [-0.05, 0) is 25.0 Å². The standard InChI is InChI=1S/C18H28N4O2/c1-18(2,3)15-7-8-16(20-19-15)22-11-13(12-22)21(4)17(23)10-14-6-5-9-24-14/h7-8,13-14H,5-6,9-12H2,1-4H3. The molecule has 0 radical (unpaired) electrons. The van der Waals surface area contributed by atoms with Gasteiger partial charge < -0.3 is 14.5 Å². The summed E-state index contributed by atoms with van der Waals surface area (Å²) < 4.78 is 5.56. The number of ether oxygens (including phenoxy) is 1. The SMILES string of the molecule is CN(C(=O)CC1CCCO1)C1CN(c2ccc(C(C)(C)C)nn2)C1. The Labute approximate surface area is 144 Å². The number of hydrogen-bond donors (Lipinski definition) is 0. The number of anilines is 1. The lowest BCUT2D eigenvalue weighted by Crippen LogP contribution is -2.60. The van der Waals surface area contributed by atoms with E-state index in [0.29, 0.717) is 6.42 Å². The van der Waals surface area contributed by atoms with Crippen molar-refractivity contribution in [2.24, 2.45) is 0 Å². The molecule has 2 aliphatic rings. The topological polar surface area (TPSA) is 58.6 Å². The van der Waals surface area contributed by atoms with E-state index < -0.39 is 0 Å². The largest absolute Gasteiger partial charge is 0.378 e. The van der Waals surface area contributed by atoms with Crippen LogP contribution in [-0.2, 0) is 14.9 Å². The molecule has 0 N–H and O–H groups in total. The highest BCUT2D eigenvalue weighted by Gasteiger charge is 2.34. The molecule has 1 aromatic rings. The third-order valence-electron chi connectivity index (χ3n) is 4.97. The second-order valence-corrected chi connectivity index (χ2v) is 7.93. The molecule has 0 aliphatic carbocycles. The molecule has 2 saturated heterocycles. The Kier molecular flexibility index (Phi) is 4.76. The maximum Gasteiger partial charge on any atom is 0.225 e. The maximum atomic E-state index is 12.3. The molecule has 6 nitrogen and oxygen atoms in total. The van der Waals surface area contributed by atoms with Crippen LogP contribution in [0.2, 0.25) is 0 Å². The summed E-state index contributed by atoms with van der Waals surface area (Å²) in [5.41, 5.74) is 1.00. The van der Waals surface area contributed by atoms with Gasteiger partial charge in [-0.15, -0.1) is 5.10 Å². The summed E-state index contributed by atoms with van der Waals surface area (Å²) in [5.74, 6) is 1.07. The highest BCUT2D eigenvalue weighted by Crippen LogP contribution is 2.25. The van der Waals surface area contributed by atoms with Gasteiger partial charge in [-0.2, -0.15) is 5.10 Å². The first kappa shape index (κ1) is 17.1. The molecule has 1 amide bonds. The average Bonchev–Trinajstić information content (AvgIpc) is 2.98. The lowest BCUT2D eigenvalue weighted by atomic mass is 9.92. The molecular weight excluding hydrogens is 304 g/mol. The Balaban J connectivity index is 1.50. The Morgan fingerprint density at radius 3 is 2.62 bits per heavy atom. The normalized spacial score (nSPS) is 21.7. The van der Waals surface area contributed by atoms with Crippen LogP contribution in [0.15, 0.2) is 12.1 Å². The van der Waals surface area contributed by atoms with Crippen LogP contribution < -0.4 is 4.90 Å². The fourth-order valence-electron chi connectivity index (χ4n) is 3.13. The van der Waals surface area contributed by atoms with E-state index in [0.717, 1.165) is 44.0 Å². The Morgan fingerprint density at radius 1 is 1.33 bits per heavy atom. The zero-order chi connectivity index (χ0) is 17.3. The molecule has 3 rings (SSSR count). The van der Waals surface area contributed by atoms with E-state index in [-0.39, 0.29) is 23.5 Å². The lowest BCUT2D eigenvalue weighted by Gasteiger charge is -2.44. The molecule has 24 heavy (non-hydrogen) atoms. The predicted octanol–water partition coefficient (Wildman–Crippen LogP) is 1.99. The summed E-state index contributed by atoms with van der Waals surface area (Å²) in [6, 6.07) is 4.32. The quantitative estimate of drug-likeness (QED) is 0.844. The first-order valence-electron chi connectivity index (χ1n) is 8.81. The molecule has 6 heteroatoms. The number of likely N-dealkylation sites (N-methyl/N-ethyl adjacent to an activating group) is 1. The van der Waals surface area contributed by atoms with Gasteiger partial charge in [0.2, 0.25) is 5.91 Å². The minimum absolute atomic E-state index is 0.0119. The molecule has 0 saturated carbocycles. The van der Waals surface area contributed by atoms with E-state index in [1.165, 1.54) is 0 Å². The van der Waals surface area contributed by atoms with Crippen LogP contribution in [0.3, 0.4) is 0 Å². The van der Waals surface area contributed by atoms with Crippen LogP contribution in [0.4, 0.5) is 5.82 Å². The summed E-state index contributed by atoms with van der Waals surface area (Å²) in [7, 11) is 1.90. The van der Waals surface area contributed by atoms with Gasteiger partial charge in [-0.25, -0.2) is 0 Å². The number of nitrogens with zero attached hydrogens (tertiary/aromatic N) is 4. The number of aromatic nitrogens is 2. The van der Waals surface area contributed by atoms with Crippen LogP contribution in [0.5, 0.6) is 0 Å². The van der Waals surface area contributed by atoms with Gasteiger partial charge >= 0.3 is 0 Å². The van der Waals surface area contributed by atoms with E-state index >= 15 is 0 Å². The second kappa shape index (κ2) is 6.67. The van der Waals surface area contributed by atoms with Crippen LogP contribution in [0, 0.1) is 0 Å². The van der Waals surface area contributed by atoms with Crippen molar-refractivity contribution in [3.63, 3.8) is 0 Å². The van der Waals surface area contributed by atoms with Crippen LogP contribution in [-0.4, -0.2) is 59.9 Å². The van der Waals surface area contributed by atoms with E-state index in [9.17, 15) is 4.79 Å². The van der Waals surface area contributed by atoms with Crippen molar-refractivity contribution >= 4 is 11.7 Å². The van der Waals surface area contributed by atoms with Gasteiger partial charge in [-0.3, -0.25) is 4.79 Å². The molecule has 0 spiro atoms. The van der Waals surface area contributed by atoms with E-state index in [1.54, 1.807) is 0 Å². The van der Waals surface area contributed by atoms with Gasteiger partial charge in [0.25, 0.3) is 0 Å². The highest BCUT2D eigenvalue weighted by atomic mass is 16.5. The molecule has 1 unspecified atom stereocenters. The van der Waals surface area contributed by atoms with Crippen molar-refractivity contribution in [3.05, 3.63) is 17.8 Å². The van der Waals surface area contributed by atoms with Crippen LogP contribution in [0.25, 0.3) is 0 Å². The summed E-state index contributed by atoms with van der Waals surface area (Å²) in [6.45, 7) is 8.82. The van der Waals surface area contributed by atoms with Crippen LogP contribution >= 0.6 is 0 Å².